The lowest BCUT2D eigenvalue weighted by molar-refractivity contribution is -0.387. The molecule has 2 aromatic rings. The number of hydrogen-bond acceptors (Lipinski definition) is 6. The molecule has 2 rings (SSSR count). The van der Waals surface area contributed by atoms with Crippen LogP contribution in [0.15, 0.2) is 12.1 Å². The van der Waals surface area contributed by atoms with Gasteiger partial charge in [0, 0.05) is 6.07 Å². The van der Waals surface area contributed by atoms with Crippen LogP contribution in [0.5, 0.6) is 0 Å². The third kappa shape index (κ3) is 1.59. The Morgan fingerprint density at radius 1 is 1.33 bits per heavy atom. The Morgan fingerprint density at radius 3 is 2.50 bits per heavy atom. The van der Waals surface area contributed by atoms with Crippen LogP contribution in [0.25, 0.3) is 11.4 Å². The number of nitrogens with zero attached hydrogens (tertiary/aromatic N) is 4. The zero-order valence-electron chi connectivity index (χ0n) is 8.67. The highest BCUT2D eigenvalue weighted by Crippen LogP contribution is 2.30. The number of halogens is 2. The summed E-state index contributed by atoms with van der Waals surface area (Å²) >= 11 is 0. The summed E-state index contributed by atoms with van der Waals surface area (Å²) in [7, 11) is 0. The number of anilines is 1. The van der Waals surface area contributed by atoms with Crippen LogP contribution in [0.3, 0.4) is 0 Å². The number of benzene rings is 1. The lowest BCUT2D eigenvalue weighted by Crippen LogP contribution is -2.14. The maximum absolute atomic E-state index is 13.8. The van der Waals surface area contributed by atoms with Gasteiger partial charge in [-0.1, -0.05) is 0 Å². The van der Waals surface area contributed by atoms with E-state index in [0.29, 0.717) is 10.7 Å². The van der Waals surface area contributed by atoms with E-state index in [2.05, 4.69) is 10.2 Å². The number of nitro benzene ring substituents is 1. The fraction of sp³-hybridized carbons (Fsp3) is 0. The van der Waals surface area contributed by atoms with Crippen molar-refractivity contribution in [3.63, 3.8) is 0 Å². The van der Waals surface area contributed by atoms with Crippen LogP contribution in [0.1, 0.15) is 0 Å². The predicted molar refractivity (Wildman–Crippen MR) is 56.6 cm³/mol. The summed E-state index contributed by atoms with van der Waals surface area (Å²) in [6, 6.07) is 1.44. The topological polar surface area (TPSA) is 126 Å². The van der Waals surface area contributed by atoms with Crippen molar-refractivity contribution in [3.05, 3.63) is 33.9 Å². The molecule has 0 aliphatic carbocycles. The second-order valence-electron chi connectivity index (χ2n) is 3.26. The van der Waals surface area contributed by atoms with Gasteiger partial charge in [0.1, 0.15) is 5.82 Å². The van der Waals surface area contributed by atoms with Crippen molar-refractivity contribution in [1.82, 2.24) is 14.9 Å². The number of nitrogen functional groups attached to an aromatic ring is 2. The molecule has 1 heterocycles. The summed E-state index contributed by atoms with van der Waals surface area (Å²) < 4.78 is 28.0. The zero-order valence-corrected chi connectivity index (χ0v) is 8.67. The van der Waals surface area contributed by atoms with Crippen LogP contribution >= 0.6 is 0 Å². The van der Waals surface area contributed by atoms with E-state index in [4.69, 9.17) is 11.6 Å². The third-order valence-electron chi connectivity index (χ3n) is 2.21. The van der Waals surface area contributed by atoms with Gasteiger partial charge >= 0.3 is 5.69 Å². The van der Waals surface area contributed by atoms with E-state index in [9.17, 15) is 18.9 Å². The Kier molecular flexibility index (Phi) is 2.54. The minimum Gasteiger partial charge on any atom is -0.366 e. The smallest absolute Gasteiger partial charge is 0.305 e. The van der Waals surface area contributed by atoms with Crippen molar-refractivity contribution < 1.29 is 13.7 Å². The molecule has 0 aliphatic heterocycles. The number of nitrogens with two attached hydrogens (primary N) is 2. The lowest BCUT2D eigenvalue weighted by atomic mass is 10.1. The monoisotopic (exact) mass is 256 g/mol. The molecule has 0 aliphatic rings. The molecule has 0 saturated heterocycles. The molecule has 0 amide bonds. The Hall–Kier alpha value is -2.78. The van der Waals surface area contributed by atoms with Crippen molar-refractivity contribution in [2.75, 3.05) is 11.6 Å². The molecule has 0 bridgehead atoms. The van der Waals surface area contributed by atoms with Gasteiger partial charge in [0.15, 0.2) is 5.82 Å². The van der Waals surface area contributed by atoms with Gasteiger partial charge in [-0.15, -0.1) is 10.2 Å². The zero-order chi connectivity index (χ0) is 13.4. The second-order valence-corrected chi connectivity index (χ2v) is 3.26. The van der Waals surface area contributed by atoms with E-state index in [0.717, 1.165) is 6.07 Å². The van der Waals surface area contributed by atoms with Gasteiger partial charge in [-0.25, -0.2) is 9.07 Å². The minimum atomic E-state index is -1.39. The molecule has 8 nitrogen and oxygen atoms in total. The molecule has 0 unspecified atom stereocenters. The Bertz CT molecular complexity index is 641. The highest BCUT2D eigenvalue weighted by Gasteiger charge is 2.26. The first kappa shape index (κ1) is 11.7. The normalized spacial score (nSPS) is 10.6. The third-order valence-corrected chi connectivity index (χ3v) is 2.21. The maximum Gasteiger partial charge on any atom is 0.305 e. The molecule has 0 fully saturated rings. The standard InChI is InChI=1S/C8H6F2N6O2/c9-3-1-2-4(16(17)18)6(10)5(3)7-13-14-8(11)15(7)12/h1-2H,12H2,(H2,11,14). The van der Waals surface area contributed by atoms with Crippen molar-refractivity contribution in [2.45, 2.75) is 0 Å². The van der Waals surface area contributed by atoms with Crippen molar-refractivity contribution in [1.29, 1.82) is 0 Å². The van der Waals surface area contributed by atoms with E-state index in [1.807, 2.05) is 0 Å². The van der Waals surface area contributed by atoms with Gasteiger partial charge < -0.3 is 11.6 Å². The Balaban J connectivity index is 2.75. The van der Waals surface area contributed by atoms with Crippen LogP contribution in [0.2, 0.25) is 0 Å². The Labute approximate surface area is 97.9 Å². The summed E-state index contributed by atoms with van der Waals surface area (Å²) in [6.07, 6.45) is 0. The molecule has 18 heavy (non-hydrogen) atoms. The van der Waals surface area contributed by atoms with Crippen LogP contribution in [0.4, 0.5) is 20.4 Å². The van der Waals surface area contributed by atoms with Crippen LogP contribution < -0.4 is 11.6 Å². The first-order valence-electron chi connectivity index (χ1n) is 4.52. The predicted octanol–water partition coefficient (Wildman–Crippen LogP) is 0.427. The number of hydrogen-bond donors (Lipinski definition) is 2. The van der Waals surface area contributed by atoms with Gasteiger partial charge in [-0.05, 0) is 6.07 Å². The lowest BCUT2D eigenvalue weighted by Gasteiger charge is -2.04. The Morgan fingerprint density at radius 2 is 2.00 bits per heavy atom. The fourth-order valence-corrected chi connectivity index (χ4v) is 1.36. The quantitative estimate of drug-likeness (QED) is 0.455. The number of aromatic nitrogens is 3. The van der Waals surface area contributed by atoms with Gasteiger partial charge in [0.25, 0.3) is 0 Å². The highest BCUT2D eigenvalue weighted by atomic mass is 19.1. The molecular formula is C8H6F2N6O2. The minimum absolute atomic E-state index is 0.282. The SMILES string of the molecule is Nc1nnc(-c2c(F)ccc([N+](=O)[O-])c2F)n1N. The maximum atomic E-state index is 13.8. The van der Waals surface area contributed by atoms with Gasteiger partial charge in [0.05, 0.1) is 10.5 Å². The van der Waals surface area contributed by atoms with Crippen LogP contribution in [-0.4, -0.2) is 19.8 Å². The molecule has 1 aromatic heterocycles. The number of nitro groups is 1. The average Bonchev–Trinajstić information content (AvgIpc) is 2.61. The molecule has 1 aromatic carbocycles. The van der Waals surface area contributed by atoms with Crippen LogP contribution in [0, 0.1) is 21.7 Å². The van der Waals surface area contributed by atoms with Gasteiger partial charge in [-0.2, -0.15) is 4.39 Å². The number of rotatable bonds is 2. The van der Waals surface area contributed by atoms with E-state index >= 15 is 0 Å². The van der Waals surface area contributed by atoms with Crippen molar-refractivity contribution in [2.24, 2.45) is 0 Å². The first-order valence-corrected chi connectivity index (χ1v) is 4.52. The molecule has 0 spiro atoms. The summed E-state index contributed by atoms with van der Waals surface area (Å²) in [5.41, 5.74) is 3.61. The second kappa shape index (κ2) is 3.91. The highest BCUT2D eigenvalue weighted by molar-refractivity contribution is 5.63. The summed E-state index contributed by atoms with van der Waals surface area (Å²) in [5.74, 6) is 2.19. The van der Waals surface area contributed by atoms with E-state index < -0.39 is 33.6 Å². The average molecular weight is 256 g/mol. The van der Waals surface area contributed by atoms with Gasteiger partial charge in [-0.3, -0.25) is 10.1 Å². The summed E-state index contributed by atoms with van der Waals surface area (Å²) in [4.78, 5) is 9.56. The summed E-state index contributed by atoms with van der Waals surface area (Å²) in [5, 5.41) is 17.2. The van der Waals surface area contributed by atoms with Gasteiger partial charge in [0.2, 0.25) is 11.8 Å². The molecular weight excluding hydrogens is 250 g/mol. The van der Waals surface area contributed by atoms with Crippen molar-refractivity contribution in [3.8, 4) is 11.4 Å². The first-order chi connectivity index (χ1) is 8.43. The molecule has 0 atom stereocenters. The molecule has 94 valence electrons. The van der Waals surface area contributed by atoms with E-state index in [-0.39, 0.29) is 5.95 Å². The molecule has 0 radical (unpaired) electrons. The largest absolute Gasteiger partial charge is 0.366 e. The molecule has 4 N–H and O–H groups in total. The van der Waals surface area contributed by atoms with Crippen molar-refractivity contribution >= 4 is 11.6 Å². The van der Waals surface area contributed by atoms with E-state index in [1.165, 1.54) is 0 Å². The van der Waals surface area contributed by atoms with E-state index in [1.54, 1.807) is 0 Å². The molecule has 0 saturated carbocycles. The van der Waals surface area contributed by atoms with Crippen LogP contribution in [-0.2, 0) is 0 Å². The fourth-order valence-electron chi connectivity index (χ4n) is 1.36. The summed E-state index contributed by atoms with van der Waals surface area (Å²) in [6.45, 7) is 0. The molecule has 10 heteroatoms.